The van der Waals surface area contributed by atoms with Crippen molar-refractivity contribution in [3.05, 3.63) is 32.0 Å². The summed E-state index contributed by atoms with van der Waals surface area (Å²) in [6.07, 6.45) is 0.872. The number of halogens is 5. The summed E-state index contributed by atoms with van der Waals surface area (Å²) in [4.78, 5) is 3.90. The molecule has 168 valence electrons. The van der Waals surface area contributed by atoms with Gasteiger partial charge in [-0.15, -0.1) is 0 Å². The van der Waals surface area contributed by atoms with Crippen LogP contribution in [0.2, 0.25) is 15.2 Å². The third-order valence-corrected chi connectivity index (χ3v) is 7.13. The van der Waals surface area contributed by atoms with Crippen molar-refractivity contribution < 1.29 is 31.7 Å². The Morgan fingerprint density at radius 2 is 1.62 bits per heavy atom. The minimum atomic E-state index is -3.48. The van der Waals surface area contributed by atoms with Crippen LogP contribution in [0.5, 0.6) is 5.88 Å². The number of nitrogens with zero attached hydrogens (tertiary/aromatic N) is 1. The fraction of sp³-hybridized carbons (Fsp3) is 0.462. The van der Waals surface area contributed by atoms with E-state index in [1.807, 2.05) is 0 Å². The highest BCUT2D eigenvalue weighted by Gasteiger charge is 2.24. The van der Waals surface area contributed by atoms with Gasteiger partial charge in [0.15, 0.2) is 5.15 Å². The molecule has 8 nitrogen and oxygen atoms in total. The minimum absolute atomic E-state index is 0.0521. The molecule has 0 fully saturated rings. The summed E-state index contributed by atoms with van der Waals surface area (Å²) < 4.78 is 40.2. The molecule has 0 atom stereocenters. The molecule has 0 saturated carbocycles. The second-order valence-corrected chi connectivity index (χ2v) is 11.2. The predicted molar refractivity (Wildman–Crippen MR) is 120 cm³/mol. The van der Waals surface area contributed by atoms with Crippen LogP contribution in [0, 0.1) is 0 Å². The molecule has 0 aromatic carbocycles. The third kappa shape index (κ3) is 11.7. The lowest BCUT2D eigenvalue weighted by Crippen LogP contribution is -2.03. The van der Waals surface area contributed by atoms with Crippen LogP contribution in [0.3, 0.4) is 0 Å². The molecule has 0 amide bonds. The number of pyridine rings is 1. The molecule has 29 heavy (non-hydrogen) atoms. The topological polar surface area (TPSA) is 85.3 Å². The molecular weight excluding hydrogens is 553 g/mol. The van der Waals surface area contributed by atoms with Crippen LogP contribution in [0.1, 0.15) is 13.8 Å². The summed E-state index contributed by atoms with van der Waals surface area (Å²) in [5.74, 6) is 0.0521. The van der Waals surface area contributed by atoms with Crippen molar-refractivity contribution in [3.63, 3.8) is 0 Å². The molecular formula is C13H18Cl5NO7P2S. The average Bonchev–Trinajstić information content (AvgIpc) is 2.65. The molecule has 0 saturated heterocycles. The van der Waals surface area contributed by atoms with E-state index in [9.17, 15) is 4.57 Å². The van der Waals surface area contributed by atoms with Gasteiger partial charge < -0.3 is 9.05 Å². The van der Waals surface area contributed by atoms with Gasteiger partial charge in [-0.25, -0.2) is 4.57 Å². The highest BCUT2D eigenvalue weighted by atomic mass is 35.5. The molecule has 0 aliphatic carbocycles. The van der Waals surface area contributed by atoms with Gasteiger partial charge in [0.1, 0.15) is 15.8 Å². The Hall–Kier alpha value is 0.660. The van der Waals surface area contributed by atoms with Gasteiger partial charge in [0, 0.05) is 26.0 Å². The van der Waals surface area contributed by atoms with Gasteiger partial charge in [-0.1, -0.05) is 58.0 Å². The molecule has 1 rings (SSSR count). The number of hydrogen-bond acceptors (Lipinski definition) is 9. The summed E-state index contributed by atoms with van der Waals surface area (Å²) >= 11 is 33.0. The smallest absolute Gasteiger partial charge is 0.409 e. The fourth-order valence-electron chi connectivity index (χ4n) is 1.27. The van der Waals surface area contributed by atoms with Gasteiger partial charge in [-0.2, -0.15) is 4.98 Å². The van der Waals surface area contributed by atoms with Gasteiger partial charge in [0.25, 0.3) is 0 Å². The number of hydrogen-bond donors (Lipinski definition) is 0. The van der Waals surface area contributed by atoms with Crippen molar-refractivity contribution in [1.82, 2.24) is 4.98 Å². The lowest BCUT2D eigenvalue weighted by molar-refractivity contribution is 0.194. The lowest BCUT2D eigenvalue weighted by atomic mass is 10.5. The second kappa shape index (κ2) is 14.7. The number of phosphoric ester groups is 1. The highest BCUT2D eigenvalue weighted by molar-refractivity contribution is 8.07. The Morgan fingerprint density at radius 3 is 2.03 bits per heavy atom. The van der Waals surface area contributed by atoms with Gasteiger partial charge in [-0.05, 0) is 19.9 Å². The van der Waals surface area contributed by atoms with Crippen molar-refractivity contribution in [3.8, 4) is 5.88 Å². The van der Waals surface area contributed by atoms with Gasteiger partial charge in [0.05, 0.1) is 18.2 Å². The summed E-state index contributed by atoms with van der Waals surface area (Å²) in [6, 6.07) is 1.42. The SMILES string of the molecule is CCOP(=S)(OCC)Oc1nc(Cl)c(Cl)cc1Cl.COP(=O)(OC)OC=C(Cl)Cl. The van der Waals surface area contributed by atoms with Crippen molar-refractivity contribution in [2.75, 3.05) is 27.4 Å². The molecule has 0 spiro atoms. The quantitative estimate of drug-likeness (QED) is 0.162. The Labute approximate surface area is 199 Å². The first-order valence-corrected chi connectivity index (χ1v) is 13.4. The molecule has 0 bridgehead atoms. The van der Waals surface area contributed by atoms with Crippen LogP contribution >= 0.6 is 72.5 Å². The average molecular weight is 572 g/mol. The van der Waals surface area contributed by atoms with E-state index in [2.05, 4.69) is 18.6 Å². The number of phosphoric acid groups is 1. The molecule has 1 heterocycles. The van der Waals surface area contributed by atoms with Crippen molar-refractivity contribution in [1.29, 1.82) is 0 Å². The van der Waals surface area contributed by atoms with E-state index in [-0.39, 0.29) is 25.6 Å². The highest BCUT2D eigenvalue weighted by Crippen LogP contribution is 2.51. The van der Waals surface area contributed by atoms with E-state index in [1.54, 1.807) is 13.8 Å². The van der Waals surface area contributed by atoms with Crippen LogP contribution in [0.25, 0.3) is 0 Å². The van der Waals surface area contributed by atoms with Crippen molar-refractivity contribution >= 4 is 84.4 Å². The fourth-order valence-corrected chi connectivity index (χ4v) is 4.63. The molecule has 1 aromatic heterocycles. The largest absolute Gasteiger partial charge is 0.529 e. The van der Waals surface area contributed by atoms with Gasteiger partial charge >= 0.3 is 14.5 Å². The molecule has 0 aliphatic heterocycles. The standard InChI is InChI=1S/C9H11Cl3NO3PS.C4H7Cl2O4P/c1-3-14-17(18,15-4-2)16-9-7(11)5-6(10)8(12)13-9;1-8-11(7,9-2)10-3-4(5)6/h5H,3-4H2,1-2H3;3H,1-2H3. The third-order valence-electron chi connectivity index (χ3n) is 2.35. The zero-order valence-electron chi connectivity index (χ0n) is 15.6. The zero-order valence-corrected chi connectivity index (χ0v) is 22.0. The molecule has 0 radical (unpaired) electrons. The van der Waals surface area contributed by atoms with Crippen LogP contribution in [-0.2, 0) is 39.0 Å². The first-order chi connectivity index (χ1) is 13.5. The molecule has 1 aromatic rings. The van der Waals surface area contributed by atoms with Crippen LogP contribution in [-0.4, -0.2) is 32.4 Å². The molecule has 0 N–H and O–H groups in total. The zero-order chi connectivity index (χ0) is 22.7. The maximum Gasteiger partial charge on any atom is 0.529 e. The Balaban J connectivity index is 0.000000614. The minimum Gasteiger partial charge on any atom is -0.409 e. The first kappa shape index (κ1) is 29.7. The number of rotatable bonds is 10. The van der Waals surface area contributed by atoms with E-state index in [4.69, 9.17) is 83.4 Å². The predicted octanol–water partition coefficient (Wildman–Crippen LogP) is 7.40. The maximum absolute atomic E-state index is 11.0. The first-order valence-electron chi connectivity index (χ1n) is 7.47. The maximum atomic E-state index is 11.0. The van der Waals surface area contributed by atoms with Crippen LogP contribution in [0.15, 0.2) is 16.8 Å². The summed E-state index contributed by atoms with van der Waals surface area (Å²) in [6.45, 7) is 1.37. The molecule has 16 heteroatoms. The van der Waals surface area contributed by atoms with Crippen molar-refractivity contribution in [2.45, 2.75) is 13.8 Å². The summed E-state index contributed by atoms with van der Waals surface area (Å²) in [7, 11) is -1.12. The van der Waals surface area contributed by atoms with E-state index >= 15 is 0 Å². The Kier molecular flexibility index (Phi) is 15.0. The Bertz CT molecular complexity index is 764. The van der Waals surface area contributed by atoms with Gasteiger partial charge in [0.2, 0.25) is 5.88 Å². The van der Waals surface area contributed by atoms with Crippen molar-refractivity contribution in [2.24, 2.45) is 0 Å². The van der Waals surface area contributed by atoms with E-state index in [0.29, 0.717) is 13.2 Å². The molecule has 0 aliphatic rings. The monoisotopic (exact) mass is 569 g/mol. The van der Waals surface area contributed by atoms with Crippen LogP contribution in [0.4, 0.5) is 0 Å². The number of aromatic nitrogens is 1. The normalized spacial score (nSPS) is 11.3. The van der Waals surface area contributed by atoms with E-state index < -0.39 is 14.5 Å². The van der Waals surface area contributed by atoms with Crippen LogP contribution < -0.4 is 4.52 Å². The molecule has 0 unspecified atom stereocenters. The summed E-state index contributed by atoms with van der Waals surface area (Å²) in [5, 5.41) is 0.499. The Morgan fingerprint density at radius 1 is 1.10 bits per heavy atom. The second-order valence-electron chi connectivity index (χ2n) is 4.25. The van der Waals surface area contributed by atoms with Gasteiger partial charge in [-0.3, -0.25) is 18.1 Å². The van der Waals surface area contributed by atoms with E-state index in [1.165, 1.54) is 20.3 Å². The summed E-state index contributed by atoms with van der Waals surface area (Å²) in [5.41, 5.74) is 0. The lowest BCUT2D eigenvalue weighted by Gasteiger charge is -2.20. The van der Waals surface area contributed by atoms with E-state index in [0.717, 1.165) is 6.26 Å².